The van der Waals surface area contributed by atoms with Gasteiger partial charge in [-0.15, -0.1) is 0 Å². The van der Waals surface area contributed by atoms with Crippen molar-refractivity contribution in [2.75, 3.05) is 12.4 Å². The average Bonchev–Trinajstić information content (AvgIpc) is 2.47. The molecule has 0 bridgehead atoms. The highest BCUT2D eigenvalue weighted by Crippen LogP contribution is 2.25. The molecule has 7 heteroatoms. The SMILES string of the molecule is COc1ccc(NCc2cc(Br)ccc2OC(F)F)cn1. The first-order chi connectivity index (χ1) is 10.1. The molecule has 0 amide bonds. The molecular weight excluding hydrogens is 346 g/mol. The number of methoxy groups -OCH3 is 1. The van der Waals surface area contributed by atoms with Crippen LogP contribution in [0.1, 0.15) is 5.56 Å². The van der Waals surface area contributed by atoms with Crippen molar-refractivity contribution in [1.29, 1.82) is 0 Å². The normalized spacial score (nSPS) is 10.5. The summed E-state index contributed by atoms with van der Waals surface area (Å²) in [6.45, 7) is -2.53. The van der Waals surface area contributed by atoms with E-state index in [4.69, 9.17) is 4.74 Å². The van der Waals surface area contributed by atoms with Crippen LogP contribution in [0.5, 0.6) is 11.6 Å². The summed E-state index contributed by atoms with van der Waals surface area (Å²) in [6.07, 6.45) is 1.60. The number of alkyl halides is 2. The van der Waals surface area contributed by atoms with E-state index in [0.29, 0.717) is 18.0 Å². The fraction of sp³-hybridized carbons (Fsp3) is 0.214. The Labute approximate surface area is 129 Å². The molecule has 2 aromatic rings. The lowest BCUT2D eigenvalue weighted by atomic mass is 10.2. The zero-order chi connectivity index (χ0) is 15.2. The summed E-state index contributed by atoms with van der Waals surface area (Å²) in [6, 6.07) is 8.37. The molecule has 0 saturated carbocycles. The molecule has 1 aromatic carbocycles. The maximum atomic E-state index is 12.4. The van der Waals surface area contributed by atoms with Gasteiger partial charge in [-0.1, -0.05) is 15.9 Å². The molecule has 1 aromatic heterocycles. The van der Waals surface area contributed by atoms with Crippen LogP contribution in [0.25, 0.3) is 0 Å². The largest absolute Gasteiger partial charge is 0.481 e. The van der Waals surface area contributed by atoms with Crippen molar-refractivity contribution < 1.29 is 18.3 Å². The Morgan fingerprint density at radius 3 is 2.71 bits per heavy atom. The van der Waals surface area contributed by atoms with E-state index in [-0.39, 0.29) is 5.75 Å². The zero-order valence-electron chi connectivity index (χ0n) is 11.1. The zero-order valence-corrected chi connectivity index (χ0v) is 12.7. The minimum atomic E-state index is -2.85. The molecule has 0 fully saturated rings. The van der Waals surface area contributed by atoms with Gasteiger partial charge >= 0.3 is 6.61 Å². The lowest BCUT2D eigenvalue weighted by Crippen LogP contribution is -2.07. The highest BCUT2D eigenvalue weighted by molar-refractivity contribution is 9.10. The number of rotatable bonds is 6. The molecule has 0 radical (unpaired) electrons. The molecule has 21 heavy (non-hydrogen) atoms. The molecule has 0 aliphatic carbocycles. The van der Waals surface area contributed by atoms with E-state index in [2.05, 4.69) is 31.0 Å². The van der Waals surface area contributed by atoms with Gasteiger partial charge in [0.15, 0.2) is 0 Å². The Morgan fingerprint density at radius 1 is 1.29 bits per heavy atom. The van der Waals surface area contributed by atoms with Crippen molar-refractivity contribution in [3.8, 4) is 11.6 Å². The van der Waals surface area contributed by atoms with E-state index in [1.807, 2.05) is 0 Å². The molecule has 0 atom stereocenters. The average molecular weight is 359 g/mol. The topological polar surface area (TPSA) is 43.4 Å². The second-order valence-corrected chi connectivity index (χ2v) is 4.99. The minimum Gasteiger partial charge on any atom is -0.481 e. The van der Waals surface area contributed by atoms with E-state index >= 15 is 0 Å². The molecule has 112 valence electrons. The molecule has 1 N–H and O–H groups in total. The van der Waals surface area contributed by atoms with Gasteiger partial charge in [-0.25, -0.2) is 4.98 Å². The van der Waals surface area contributed by atoms with Crippen LogP contribution < -0.4 is 14.8 Å². The number of pyridine rings is 1. The number of aromatic nitrogens is 1. The molecule has 0 saturated heterocycles. The minimum absolute atomic E-state index is 0.141. The third kappa shape index (κ3) is 4.56. The van der Waals surface area contributed by atoms with Crippen LogP contribution in [0.4, 0.5) is 14.5 Å². The fourth-order valence-electron chi connectivity index (χ4n) is 1.70. The summed E-state index contributed by atoms with van der Waals surface area (Å²) in [7, 11) is 1.53. The van der Waals surface area contributed by atoms with Crippen LogP contribution in [0.15, 0.2) is 41.0 Å². The Kier molecular flexibility index (Phi) is 5.32. The Morgan fingerprint density at radius 2 is 2.10 bits per heavy atom. The second-order valence-electron chi connectivity index (χ2n) is 4.07. The predicted octanol–water partition coefficient (Wildman–Crippen LogP) is 4.07. The first kappa shape index (κ1) is 15.5. The maximum Gasteiger partial charge on any atom is 0.387 e. The lowest BCUT2D eigenvalue weighted by Gasteiger charge is -2.12. The monoisotopic (exact) mass is 358 g/mol. The molecule has 4 nitrogen and oxygen atoms in total. The first-order valence-electron chi connectivity index (χ1n) is 6.05. The highest BCUT2D eigenvalue weighted by atomic mass is 79.9. The summed E-state index contributed by atoms with van der Waals surface area (Å²) in [5.41, 5.74) is 1.36. The van der Waals surface area contributed by atoms with E-state index < -0.39 is 6.61 Å². The fourth-order valence-corrected chi connectivity index (χ4v) is 2.11. The van der Waals surface area contributed by atoms with Crippen molar-refractivity contribution in [1.82, 2.24) is 4.98 Å². The van der Waals surface area contributed by atoms with E-state index in [0.717, 1.165) is 10.2 Å². The third-order valence-corrected chi connectivity index (χ3v) is 3.16. The molecule has 1 heterocycles. The number of halogens is 3. The summed E-state index contributed by atoms with van der Waals surface area (Å²) >= 11 is 3.31. The third-order valence-electron chi connectivity index (χ3n) is 2.67. The Balaban J connectivity index is 2.08. The van der Waals surface area contributed by atoms with Crippen LogP contribution in [0, 0.1) is 0 Å². The molecule has 2 rings (SSSR count). The summed E-state index contributed by atoms with van der Waals surface area (Å²) in [5.74, 6) is 0.645. The number of ether oxygens (including phenoxy) is 2. The van der Waals surface area contributed by atoms with E-state index in [1.165, 1.54) is 13.2 Å². The van der Waals surface area contributed by atoms with Crippen LogP contribution in [-0.4, -0.2) is 18.7 Å². The summed E-state index contributed by atoms with van der Waals surface area (Å²) in [5, 5.41) is 3.09. The number of benzene rings is 1. The van der Waals surface area contributed by atoms with Crippen LogP contribution >= 0.6 is 15.9 Å². The number of hydrogen-bond donors (Lipinski definition) is 1. The molecule has 0 aliphatic heterocycles. The van der Waals surface area contributed by atoms with Gasteiger partial charge in [-0.05, 0) is 24.3 Å². The molecule has 0 aliphatic rings. The van der Waals surface area contributed by atoms with Crippen molar-refractivity contribution in [2.45, 2.75) is 13.2 Å². The number of anilines is 1. The van der Waals surface area contributed by atoms with Gasteiger partial charge in [0.05, 0.1) is 19.0 Å². The second kappa shape index (κ2) is 7.21. The summed E-state index contributed by atoms with van der Waals surface area (Å²) < 4.78 is 35.0. The quantitative estimate of drug-likeness (QED) is 0.845. The lowest BCUT2D eigenvalue weighted by molar-refractivity contribution is -0.0504. The van der Waals surface area contributed by atoms with Crippen molar-refractivity contribution in [3.05, 3.63) is 46.6 Å². The van der Waals surface area contributed by atoms with Crippen LogP contribution in [0.3, 0.4) is 0 Å². The first-order valence-corrected chi connectivity index (χ1v) is 6.85. The van der Waals surface area contributed by atoms with E-state index in [1.54, 1.807) is 30.5 Å². The van der Waals surface area contributed by atoms with Gasteiger partial charge in [-0.2, -0.15) is 8.78 Å². The molecule has 0 spiro atoms. The van der Waals surface area contributed by atoms with Crippen molar-refractivity contribution in [3.63, 3.8) is 0 Å². The maximum absolute atomic E-state index is 12.4. The molecular formula is C14H13BrF2N2O2. The number of nitrogens with one attached hydrogen (secondary N) is 1. The molecule has 0 unspecified atom stereocenters. The number of nitrogens with zero attached hydrogens (tertiary/aromatic N) is 1. The number of hydrogen-bond acceptors (Lipinski definition) is 4. The van der Waals surface area contributed by atoms with Gasteiger partial charge in [-0.3, -0.25) is 0 Å². The predicted molar refractivity (Wildman–Crippen MR) is 78.9 cm³/mol. The van der Waals surface area contributed by atoms with Gasteiger partial charge in [0.2, 0.25) is 5.88 Å². The summed E-state index contributed by atoms with van der Waals surface area (Å²) in [4.78, 5) is 4.05. The van der Waals surface area contributed by atoms with Gasteiger partial charge in [0.25, 0.3) is 0 Å². The van der Waals surface area contributed by atoms with Gasteiger partial charge in [0, 0.05) is 22.6 Å². The van der Waals surface area contributed by atoms with Gasteiger partial charge in [0.1, 0.15) is 5.75 Å². The Bertz CT molecular complexity index is 594. The highest BCUT2D eigenvalue weighted by Gasteiger charge is 2.10. The smallest absolute Gasteiger partial charge is 0.387 e. The van der Waals surface area contributed by atoms with Gasteiger partial charge < -0.3 is 14.8 Å². The van der Waals surface area contributed by atoms with Crippen LogP contribution in [0.2, 0.25) is 0 Å². The Hall–Kier alpha value is -1.89. The van der Waals surface area contributed by atoms with Crippen molar-refractivity contribution in [2.24, 2.45) is 0 Å². The van der Waals surface area contributed by atoms with Crippen LogP contribution in [-0.2, 0) is 6.54 Å². The standard InChI is InChI=1S/C14H13BrF2N2O2/c1-20-13-5-3-11(8-19-13)18-7-9-6-10(15)2-4-12(9)21-14(16)17/h2-6,8,14,18H,7H2,1H3. The van der Waals surface area contributed by atoms with E-state index in [9.17, 15) is 8.78 Å². The van der Waals surface area contributed by atoms with Crippen molar-refractivity contribution >= 4 is 21.6 Å².